The van der Waals surface area contributed by atoms with E-state index in [0.29, 0.717) is 6.42 Å². The van der Waals surface area contributed by atoms with Crippen LogP contribution in [0, 0.1) is 39.9 Å². The van der Waals surface area contributed by atoms with Gasteiger partial charge in [0.05, 0.1) is 12.1 Å². The van der Waals surface area contributed by atoms with Crippen LogP contribution in [0.15, 0.2) is 0 Å². The summed E-state index contributed by atoms with van der Waals surface area (Å²) < 4.78 is 10.5. The Morgan fingerprint density at radius 3 is 1.93 bits per heavy atom. The molecule has 1 atom stereocenters. The molecule has 0 heterocycles. The van der Waals surface area contributed by atoms with E-state index >= 15 is 0 Å². The number of rotatable bonds is 3. The van der Waals surface area contributed by atoms with Gasteiger partial charge in [-0.15, -0.1) is 0 Å². The van der Waals surface area contributed by atoms with Gasteiger partial charge in [0.1, 0.15) is 0 Å². The molecule has 1 saturated carbocycles. The summed E-state index contributed by atoms with van der Waals surface area (Å²) in [4.78, 5) is 0. The summed E-state index contributed by atoms with van der Waals surface area (Å²) in [5.41, 5.74) is -1.18. The maximum Gasteiger partial charge on any atom is 0.200 e. The second-order valence-electron chi connectivity index (χ2n) is 4.25. The highest BCUT2D eigenvalue weighted by Crippen LogP contribution is 2.58. The summed E-state index contributed by atoms with van der Waals surface area (Å²) in [6, 6.07) is 4.16. The highest BCUT2D eigenvalue weighted by Gasteiger charge is 2.69. The summed E-state index contributed by atoms with van der Waals surface area (Å²) in [5.74, 6) is -0.777. The van der Waals surface area contributed by atoms with Crippen molar-refractivity contribution in [3.63, 3.8) is 0 Å². The summed E-state index contributed by atoms with van der Waals surface area (Å²) in [6.45, 7) is 4.01. The van der Waals surface area contributed by atoms with E-state index in [1.807, 2.05) is 13.8 Å². The number of hydrogen-bond acceptors (Lipinski definition) is 4. The van der Waals surface area contributed by atoms with Crippen LogP contribution in [0.3, 0.4) is 0 Å². The molecule has 4 nitrogen and oxygen atoms in total. The second-order valence-corrected chi connectivity index (χ2v) is 4.25. The van der Waals surface area contributed by atoms with Gasteiger partial charge < -0.3 is 9.47 Å². The molecule has 0 aliphatic heterocycles. The van der Waals surface area contributed by atoms with Gasteiger partial charge in [-0.1, -0.05) is 13.8 Å². The maximum absolute atomic E-state index is 9.22. The molecule has 0 aromatic rings. The molecule has 0 amide bonds. The Morgan fingerprint density at radius 2 is 1.67 bits per heavy atom. The Labute approximate surface area is 90.4 Å². The van der Waals surface area contributed by atoms with E-state index in [9.17, 15) is 10.5 Å². The quantitative estimate of drug-likeness (QED) is 0.662. The third kappa shape index (κ3) is 1.26. The molecule has 15 heavy (non-hydrogen) atoms. The zero-order chi connectivity index (χ0) is 11.7. The number of nitriles is 2. The van der Waals surface area contributed by atoms with Gasteiger partial charge in [-0.3, -0.25) is 0 Å². The molecule has 0 saturated heterocycles. The molecule has 82 valence electrons. The van der Waals surface area contributed by atoms with Crippen molar-refractivity contribution in [1.29, 1.82) is 10.5 Å². The van der Waals surface area contributed by atoms with E-state index < -0.39 is 11.2 Å². The van der Waals surface area contributed by atoms with Crippen molar-refractivity contribution in [1.82, 2.24) is 0 Å². The molecular formula is C11H16N2O2. The first-order chi connectivity index (χ1) is 7.03. The Morgan fingerprint density at radius 1 is 1.20 bits per heavy atom. The van der Waals surface area contributed by atoms with Gasteiger partial charge >= 0.3 is 0 Å². The van der Waals surface area contributed by atoms with Crippen molar-refractivity contribution in [2.24, 2.45) is 17.3 Å². The van der Waals surface area contributed by atoms with E-state index in [1.54, 1.807) is 0 Å². The van der Waals surface area contributed by atoms with Crippen molar-refractivity contribution >= 4 is 0 Å². The lowest BCUT2D eigenvalue weighted by Gasteiger charge is -2.55. The van der Waals surface area contributed by atoms with E-state index in [-0.39, 0.29) is 11.8 Å². The molecule has 0 aromatic heterocycles. The van der Waals surface area contributed by atoms with E-state index in [0.717, 1.165) is 0 Å². The second kappa shape index (κ2) is 3.81. The summed E-state index contributed by atoms with van der Waals surface area (Å²) in [7, 11) is 2.95. The van der Waals surface area contributed by atoms with E-state index in [4.69, 9.17) is 9.47 Å². The van der Waals surface area contributed by atoms with Crippen LogP contribution in [-0.2, 0) is 9.47 Å². The Hall–Kier alpha value is -1.10. The number of nitrogens with zero attached hydrogens (tertiary/aromatic N) is 2. The molecule has 1 aliphatic carbocycles. The van der Waals surface area contributed by atoms with Gasteiger partial charge in [0.15, 0.2) is 5.41 Å². The van der Waals surface area contributed by atoms with Gasteiger partial charge in [0.2, 0.25) is 5.79 Å². The minimum Gasteiger partial charge on any atom is -0.351 e. The molecule has 0 aromatic carbocycles. The summed E-state index contributed by atoms with van der Waals surface area (Å²) >= 11 is 0. The van der Waals surface area contributed by atoms with Crippen LogP contribution in [0.2, 0.25) is 0 Å². The topological polar surface area (TPSA) is 66.0 Å². The molecule has 1 aliphatic rings. The molecule has 1 rings (SSSR count). The van der Waals surface area contributed by atoms with Gasteiger partial charge in [-0.25, -0.2) is 0 Å². The third-order valence-electron chi connectivity index (χ3n) is 3.46. The SMILES string of the molecule is COC1(OC)CC(C(C)C)C1(C#N)C#N. The minimum absolute atomic E-state index is 0.00685. The average molecular weight is 208 g/mol. The van der Waals surface area contributed by atoms with Crippen LogP contribution < -0.4 is 0 Å². The predicted octanol–water partition coefficient (Wildman–Crippen LogP) is 1.68. The first-order valence-electron chi connectivity index (χ1n) is 4.96. The fraction of sp³-hybridized carbons (Fsp3) is 0.818. The first kappa shape index (κ1) is 12.0. The van der Waals surface area contributed by atoms with Crippen LogP contribution in [0.5, 0.6) is 0 Å². The molecule has 0 spiro atoms. The number of hydrogen-bond donors (Lipinski definition) is 0. The lowest BCUT2D eigenvalue weighted by Crippen LogP contribution is -2.65. The summed E-state index contributed by atoms with van der Waals surface area (Å²) in [6.07, 6.45) is 0.596. The van der Waals surface area contributed by atoms with Crippen molar-refractivity contribution in [2.75, 3.05) is 14.2 Å². The molecule has 0 bridgehead atoms. The largest absolute Gasteiger partial charge is 0.351 e. The van der Waals surface area contributed by atoms with Gasteiger partial charge in [-0.05, 0) is 5.92 Å². The summed E-state index contributed by atoms with van der Waals surface area (Å²) in [5, 5.41) is 18.4. The van der Waals surface area contributed by atoms with Crippen LogP contribution in [0.1, 0.15) is 20.3 Å². The lowest BCUT2D eigenvalue weighted by atomic mass is 9.53. The fourth-order valence-corrected chi connectivity index (χ4v) is 2.42. The zero-order valence-corrected chi connectivity index (χ0v) is 9.57. The molecule has 0 N–H and O–H groups in total. The highest BCUT2D eigenvalue weighted by molar-refractivity contribution is 5.30. The third-order valence-corrected chi connectivity index (χ3v) is 3.46. The molecule has 4 heteroatoms. The maximum atomic E-state index is 9.22. The van der Waals surface area contributed by atoms with E-state index in [1.165, 1.54) is 14.2 Å². The monoisotopic (exact) mass is 208 g/mol. The zero-order valence-electron chi connectivity index (χ0n) is 9.57. The first-order valence-corrected chi connectivity index (χ1v) is 4.96. The lowest BCUT2D eigenvalue weighted by molar-refractivity contribution is -0.326. The van der Waals surface area contributed by atoms with Crippen molar-refractivity contribution in [3.05, 3.63) is 0 Å². The van der Waals surface area contributed by atoms with Gasteiger partial charge in [-0.2, -0.15) is 10.5 Å². The number of ether oxygens (including phenoxy) is 2. The van der Waals surface area contributed by atoms with Crippen LogP contribution in [0.4, 0.5) is 0 Å². The molecule has 0 radical (unpaired) electrons. The van der Waals surface area contributed by atoms with Crippen LogP contribution in [-0.4, -0.2) is 20.0 Å². The van der Waals surface area contributed by atoms with Crippen molar-refractivity contribution < 1.29 is 9.47 Å². The van der Waals surface area contributed by atoms with Crippen LogP contribution in [0.25, 0.3) is 0 Å². The Balaban J connectivity index is 3.12. The minimum atomic E-state index is -1.18. The molecule has 1 fully saturated rings. The van der Waals surface area contributed by atoms with E-state index in [2.05, 4.69) is 12.1 Å². The highest BCUT2D eigenvalue weighted by atomic mass is 16.7. The predicted molar refractivity (Wildman–Crippen MR) is 53.4 cm³/mol. The molecule has 1 unspecified atom stereocenters. The smallest absolute Gasteiger partial charge is 0.200 e. The van der Waals surface area contributed by atoms with Gasteiger partial charge in [0.25, 0.3) is 0 Å². The van der Waals surface area contributed by atoms with Gasteiger partial charge in [0, 0.05) is 26.6 Å². The Bertz CT molecular complexity index is 306. The molecular weight excluding hydrogens is 192 g/mol. The standard InChI is InChI=1S/C11H16N2O2/c1-8(2)9-5-11(14-3,15-4)10(9,6-12)7-13/h8-9H,5H2,1-4H3. The normalized spacial score (nSPS) is 26.5. The fourth-order valence-electron chi connectivity index (χ4n) is 2.42. The van der Waals surface area contributed by atoms with Crippen molar-refractivity contribution in [3.8, 4) is 12.1 Å². The number of methoxy groups -OCH3 is 2. The van der Waals surface area contributed by atoms with Crippen molar-refractivity contribution in [2.45, 2.75) is 26.1 Å². The van der Waals surface area contributed by atoms with Crippen LogP contribution >= 0.6 is 0 Å². The Kier molecular flexibility index (Phi) is 3.04. The average Bonchev–Trinajstić information content (AvgIpc) is 2.20.